The molecule has 9 nitrogen and oxygen atoms in total. The molecule has 2 heterocycles. The summed E-state index contributed by atoms with van der Waals surface area (Å²) < 4.78 is 14.4. The Labute approximate surface area is 311 Å². The fraction of sp³-hybridized carbons (Fsp3) is 0.318. The molecule has 6 aromatic rings. The molecule has 2 amide bonds. The Bertz CT molecular complexity index is 2220. The smallest absolute Gasteiger partial charge is 0.410 e. The van der Waals surface area contributed by atoms with E-state index in [1.165, 1.54) is 10.8 Å². The van der Waals surface area contributed by atoms with Crippen LogP contribution in [-0.4, -0.2) is 56.7 Å². The zero-order chi connectivity index (χ0) is 37.0. The molecule has 53 heavy (non-hydrogen) atoms. The summed E-state index contributed by atoms with van der Waals surface area (Å²) in [5, 5.41) is 13.5. The Kier molecular flexibility index (Phi) is 10.5. The molecule has 7 rings (SSSR count). The van der Waals surface area contributed by atoms with E-state index in [0.717, 1.165) is 38.8 Å². The lowest BCUT2D eigenvalue weighted by Gasteiger charge is -2.38. The monoisotopic (exact) mass is 709 g/mol. The number of carbonyl (C=O) groups excluding carboxylic acids is 2. The van der Waals surface area contributed by atoms with Gasteiger partial charge < -0.3 is 19.3 Å². The number of piperidine rings is 1. The molecule has 0 radical (unpaired) electrons. The van der Waals surface area contributed by atoms with Gasteiger partial charge in [0, 0.05) is 31.6 Å². The molecule has 5 aromatic carbocycles. The molecule has 1 fully saturated rings. The molecule has 9 heteroatoms. The van der Waals surface area contributed by atoms with Crippen molar-refractivity contribution in [3.8, 4) is 0 Å². The van der Waals surface area contributed by atoms with Gasteiger partial charge in [-0.1, -0.05) is 90.1 Å². The number of fused-ring (bicyclic) bond motifs is 2. The molecular weight excluding hydrogens is 663 g/mol. The quantitative estimate of drug-likeness (QED) is 0.141. The number of anilines is 1. The van der Waals surface area contributed by atoms with Crippen molar-refractivity contribution in [1.82, 2.24) is 19.9 Å². The maximum absolute atomic E-state index is 13.2. The molecule has 0 unspecified atom stereocenters. The van der Waals surface area contributed by atoms with Crippen molar-refractivity contribution in [3.05, 3.63) is 138 Å². The van der Waals surface area contributed by atoms with Gasteiger partial charge in [0.25, 0.3) is 0 Å². The molecule has 1 saturated heterocycles. The summed E-state index contributed by atoms with van der Waals surface area (Å²) in [6, 6.07) is 37.4. The molecule has 0 aliphatic carbocycles. The van der Waals surface area contributed by atoms with E-state index in [0.29, 0.717) is 45.6 Å². The van der Waals surface area contributed by atoms with Gasteiger partial charge >= 0.3 is 6.09 Å². The number of ether oxygens (including phenoxy) is 2. The summed E-state index contributed by atoms with van der Waals surface area (Å²) in [6.07, 6.45) is 2.60. The van der Waals surface area contributed by atoms with E-state index in [1.54, 1.807) is 11.8 Å². The molecule has 0 saturated carbocycles. The number of benzene rings is 5. The van der Waals surface area contributed by atoms with Gasteiger partial charge in [0.05, 0.1) is 37.7 Å². The molecule has 1 aliphatic rings. The number of aromatic nitrogens is 3. The van der Waals surface area contributed by atoms with Crippen LogP contribution in [0.3, 0.4) is 0 Å². The van der Waals surface area contributed by atoms with E-state index in [2.05, 4.69) is 83.1 Å². The Hall–Kier alpha value is -5.54. The minimum absolute atomic E-state index is 0.0127. The van der Waals surface area contributed by atoms with Gasteiger partial charge in [-0.15, -0.1) is 5.10 Å². The molecular formula is C44H47N5O4. The zero-order valence-electron chi connectivity index (χ0n) is 30.9. The average Bonchev–Trinajstić information content (AvgIpc) is 3.63. The highest BCUT2D eigenvalue weighted by Gasteiger charge is 2.37. The van der Waals surface area contributed by atoms with Gasteiger partial charge in [0.15, 0.2) is 0 Å². The van der Waals surface area contributed by atoms with Crippen LogP contribution in [0.4, 0.5) is 10.5 Å². The Balaban J connectivity index is 1.07. The topological polar surface area (TPSA) is 89.8 Å². The van der Waals surface area contributed by atoms with Crippen LogP contribution in [0.2, 0.25) is 0 Å². The molecule has 0 N–H and O–H groups in total. The summed E-state index contributed by atoms with van der Waals surface area (Å²) in [7, 11) is 0. The van der Waals surface area contributed by atoms with E-state index in [4.69, 9.17) is 9.47 Å². The first-order valence-electron chi connectivity index (χ1n) is 18.4. The van der Waals surface area contributed by atoms with Gasteiger partial charge in [0.1, 0.15) is 5.60 Å². The van der Waals surface area contributed by atoms with E-state index < -0.39 is 5.60 Å². The van der Waals surface area contributed by atoms with Crippen LogP contribution in [0.5, 0.6) is 0 Å². The summed E-state index contributed by atoms with van der Waals surface area (Å²) in [4.78, 5) is 29.7. The second-order valence-corrected chi connectivity index (χ2v) is 14.9. The fourth-order valence-corrected chi connectivity index (χ4v) is 7.19. The van der Waals surface area contributed by atoms with E-state index in [-0.39, 0.29) is 24.0 Å². The number of amides is 2. The minimum atomic E-state index is -0.590. The lowest BCUT2D eigenvalue weighted by atomic mass is 9.90. The summed E-state index contributed by atoms with van der Waals surface area (Å²) in [6.45, 7) is 9.71. The highest BCUT2D eigenvalue weighted by atomic mass is 16.6. The van der Waals surface area contributed by atoms with Crippen molar-refractivity contribution in [2.75, 3.05) is 18.0 Å². The Morgan fingerprint density at radius 2 is 1.49 bits per heavy atom. The maximum Gasteiger partial charge on any atom is 0.410 e. The van der Waals surface area contributed by atoms with Crippen molar-refractivity contribution in [3.63, 3.8) is 0 Å². The van der Waals surface area contributed by atoms with Crippen molar-refractivity contribution < 1.29 is 19.1 Å². The van der Waals surface area contributed by atoms with Gasteiger partial charge in [-0.3, -0.25) is 4.79 Å². The van der Waals surface area contributed by atoms with Crippen molar-refractivity contribution in [2.45, 2.75) is 77.9 Å². The fourth-order valence-electron chi connectivity index (χ4n) is 7.19. The Morgan fingerprint density at radius 1 is 0.811 bits per heavy atom. The number of rotatable bonds is 10. The number of hydrogen-bond donors (Lipinski definition) is 0. The van der Waals surface area contributed by atoms with Crippen molar-refractivity contribution in [1.29, 1.82) is 0 Å². The van der Waals surface area contributed by atoms with Crippen LogP contribution >= 0.6 is 0 Å². The summed E-state index contributed by atoms with van der Waals surface area (Å²) >= 11 is 0. The minimum Gasteiger partial charge on any atom is -0.444 e. The summed E-state index contributed by atoms with van der Waals surface area (Å²) in [5.74, 6) is -0.0352. The number of aryl methyl sites for hydroxylation is 2. The van der Waals surface area contributed by atoms with E-state index in [1.807, 2.05) is 72.9 Å². The second-order valence-electron chi connectivity index (χ2n) is 14.9. The van der Waals surface area contributed by atoms with Crippen LogP contribution in [0.1, 0.15) is 62.4 Å². The second kappa shape index (κ2) is 15.6. The first kappa shape index (κ1) is 35.8. The van der Waals surface area contributed by atoms with Crippen molar-refractivity contribution >= 4 is 39.2 Å². The van der Waals surface area contributed by atoms with Gasteiger partial charge in [-0.25, -0.2) is 9.48 Å². The number of nitrogens with zero attached hydrogens (tertiary/aromatic N) is 5. The third-order valence-electron chi connectivity index (χ3n) is 9.89. The lowest BCUT2D eigenvalue weighted by molar-refractivity contribution is -0.116. The maximum atomic E-state index is 13.2. The highest BCUT2D eigenvalue weighted by Crippen LogP contribution is 2.32. The molecule has 2 atom stereocenters. The van der Waals surface area contributed by atoms with E-state index >= 15 is 0 Å². The number of carbonyl (C=O) groups is 2. The van der Waals surface area contributed by atoms with Gasteiger partial charge in [-0.2, -0.15) is 0 Å². The molecule has 1 aliphatic heterocycles. The van der Waals surface area contributed by atoms with Crippen LogP contribution in [0.25, 0.3) is 21.5 Å². The van der Waals surface area contributed by atoms with Gasteiger partial charge in [-0.05, 0) is 96.1 Å². The first-order chi connectivity index (χ1) is 25.6. The first-order valence-corrected chi connectivity index (χ1v) is 18.4. The van der Waals surface area contributed by atoms with E-state index in [9.17, 15) is 9.59 Å². The normalized spacial score (nSPS) is 16.2. The number of hydrogen-bond acceptors (Lipinski definition) is 6. The molecule has 1 aromatic heterocycles. The predicted octanol–water partition coefficient (Wildman–Crippen LogP) is 8.69. The van der Waals surface area contributed by atoms with Crippen LogP contribution in [-0.2, 0) is 40.4 Å². The number of likely N-dealkylation sites (tertiary alicyclic amines) is 1. The summed E-state index contributed by atoms with van der Waals surface area (Å²) in [5.41, 5.74) is 4.49. The largest absolute Gasteiger partial charge is 0.444 e. The standard InChI is InChI=1S/C44H47N5O4/c1-31(50)48(28-33-16-18-35-11-5-7-13-37(35)24-33)39-15-9-10-32(26-39)20-23-49-41(27-45-46-49)40-21-22-47(43(51)53-44(2,3)4)29-42(40)52-30-34-17-19-36-12-6-8-14-38(36)25-34/h5-19,24-27,40,42H,20-23,28-30H2,1-4H3/t40-,42+/m0/s1. The van der Waals surface area contributed by atoms with Gasteiger partial charge in [0.2, 0.25) is 5.91 Å². The average molecular weight is 710 g/mol. The highest BCUT2D eigenvalue weighted by molar-refractivity contribution is 5.92. The zero-order valence-corrected chi connectivity index (χ0v) is 30.9. The molecule has 0 bridgehead atoms. The predicted molar refractivity (Wildman–Crippen MR) is 209 cm³/mol. The third kappa shape index (κ3) is 8.75. The molecule has 0 spiro atoms. The third-order valence-corrected chi connectivity index (χ3v) is 9.89. The van der Waals surface area contributed by atoms with Crippen LogP contribution in [0.15, 0.2) is 115 Å². The Morgan fingerprint density at radius 3 is 2.19 bits per heavy atom. The molecule has 272 valence electrons. The van der Waals surface area contributed by atoms with Crippen LogP contribution < -0.4 is 4.90 Å². The lowest BCUT2D eigenvalue weighted by Crippen LogP contribution is -2.48. The van der Waals surface area contributed by atoms with Crippen LogP contribution in [0, 0.1) is 0 Å². The van der Waals surface area contributed by atoms with Crippen molar-refractivity contribution in [2.24, 2.45) is 0 Å². The SMILES string of the molecule is CC(=O)N(Cc1ccc2ccccc2c1)c1cccc(CCn2nncc2[C@@H]2CCN(C(=O)OC(C)(C)C)C[C@H]2OCc2ccc3ccccc3c2)c1.